The number of azo groups is 1. The van der Waals surface area contributed by atoms with Crippen LogP contribution in [-0.4, -0.2) is 16.2 Å². The zero-order chi connectivity index (χ0) is 13.0. The van der Waals surface area contributed by atoms with Crippen molar-refractivity contribution in [3.8, 4) is 0 Å². The number of nitrogens with zero attached hydrogens (tertiary/aromatic N) is 2. The summed E-state index contributed by atoms with van der Waals surface area (Å²) in [6.45, 7) is 0. The Kier molecular flexibility index (Phi) is 2.34. The molecule has 19 heavy (non-hydrogen) atoms. The van der Waals surface area contributed by atoms with Crippen LogP contribution in [0.2, 0.25) is 0 Å². The van der Waals surface area contributed by atoms with Crippen LogP contribution < -0.4 is 11.3 Å². The highest BCUT2D eigenvalue weighted by atomic mass is 16.1. The van der Waals surface area contributed by atoms with Crippen molar-refractivity contribution in [2.24, 2.45) is 33.9 Å². The van der Waals surface area contributed by atoms with E-state index in [1.54, 1.807) is 0 Å². The molecule has 1 aromatic heterocycles. The summed E-state index contributed by atoms with van der Waals surface area (Å²) in [4.78, 5) is 11.5. The molecule has 0 atom stereocenters. The predicted molar refractivity (Wildman–Crippen MR) is 71.2 cm³/mol. The van der Waals surface area contributed by atoms with Crippen molar-refractivity contribution in [3.05, 3.63) is 10.4 Å². The van der Waals surface area contributed by atoms with Gasteiger partial charge in [-0.1, -0.05) is 0 Å². The van der Waals surface area contributed by atoms with E-state index in [0.29, 0.717) is 17.9 Å². The lowest BCUT2D eigenvalue weighted by Crippen LogP contribution is -2.47. The molecule has 5 rings (SSSR count). The Morgan fingerprint density at radius 3 is 2.16 bits per heavy atom. The lowest BCUT2D eigenvalue weighted by Gasteiger charge is -2.52. The molecule has 6 nitrogen and oxygen atoms in total. The molecule has 4 bridgehead atoms. The van der Waals surface area contributed by atoms with Crippen LogP contribution in [0.1, 0.15) is 32.1 Å². The van der Waals surface area contributed by atoms with Gasteiger partial charge in [0.1, 0.15) is 5.82 Å². The molecule has 0 spiro atoms. The molecule has 0 unspecified atom stereocenters. The first-order chi connectivity index (χ1) is 9.20. The third kappa shape index (κ3) is 1.73. The van der Waals surface area contributed by atoms with E-state index in [0.717, 1.165) is 11.8 Å². The highest BCUT2D eigenvalue weighted by Gasteiger charge is 2.48. The summed E-state index contributed by atoms with van der Waals surface area (Å²) in [6.07, 6.45) is 6.64. The first-order valence-corrected chi connectivity index (χ1v) is 7.17. The molecule has 0 aromatic carbocycles. The molecule has 4 saturated carbocycles. The number of nitrogens with two attached hydrogens (primary N) is 1. The Labute approximate surface area is 110 Å². The van der Waals surface area contributed by atoms with Gasteiger partial charge in [0, 0.05) is 0 Å². The van der Waals surface area contributed by atoms with Crippen molar-refractivity contribution in [3.63, 3.8) is 0 Å². The molecule has 6 heteroatoms. The largest absolute Gasteiger partial charge is 0.382 e. The smallest absolute Gasteiger partial charge is 0.293 e. The lowest BCUT2D eigenvalue weighted by atomic mass is 9.54. The molecule has 0 aliphatic heterocycles. The molecule has 1 aromatic rings. The van der Waals surface area contributed by atoms with E-state index >= 15 is 0 Å². The molecule has 4 aliphatic rings. The standard InChI is InChI=1S/C13H19N5O/c14-12-11(13(19)18-17-12)16-15-10-8-2-6-1-7(4-8)5-9(10)3-6/h6-10H,1-5H2,(H4,14,17,18,19). The maximum atomic E-state index is 11.5. The number of H-pyrrole nitrogens is 2. The molecule has 0 radical (unpaired) electrons. The zero-order valence-corrected chi connectivity index (χ0v) is 10.8. The topological polar surface area (TPSA) is 99.4 Å². The fraction of sp³-hybridized carbons (Fsp3) is 0.769. The fourth-order valence-electron chi connectivity index (χ4n) is 4.67. The monoisotopic (exact) mass is 261 g/mol. The van der Waals surface area contributed by atoms with Crippen LogP contribution >= 0.6 is 0 Å². The lowest BCUT2D eigenvalue weighted by molar-refractivity contribution is -0.000942. The quantitative estimate of drug-likeness (QED) is 0.711. The zero-order valence-electron chi connectivity index (χ0n) is 10.8. The minimum absolute atomic E-state index is 0.230. The number of rotatable bonds is 2. The summed E-state index contributed by atoms with van der Waals surface area (Å²) < 4.78 is 0. The van der Waals surface area contributed by atoms with Gasteiger partial charge in [-0.15, -0.1) is 5.11 Å². The van der Waals surface area contributed by atoms with E-state index in [1.165, 1.54) is 32.1 Å². The van der Waals surface area contributed by atoms with Gasteiger partial charge in [-0.2, -0.15) is 5.11 Å². The summed E-state index contributed by atoms with van der Waals surface area (Å²) in [6, 6.07) is 0.307. The Hall–Kier alpha value is -1.59. The van der Waals surface area contributed by atoms with Gasteiger partial charge < -0.3 is 5.73 Å². The second-order valence-corrected chi connectivity index (χ2v) is 6.48. The minimum Gasteiger partial charge on any atom is -0.382 e. The average Bonchev–Trinajstić information content (AvgIpc) is 2.68. The summed E-state index contributed by atoms with van der Waals surface area (Å²) in [5.41, 5.74) is 5.60. The molecular weight excluding hydrogens is 242 g/mol. The first-order valence-electron chi connectivity index (χ1n) is 7.17. The number of hydrogen-bond acceptors (Lipinski definition) is 4. The predicted octanol–water partition coefficient (Wildman–Crippen LogP) is 2.19. The average molecular weight is 261 g/mol. The highest BCUT2D eigenvalue weighted by molar-refractivity contribution is 5.54. The number of anilines is 1. The van der Waals surface area contributed by atoms with Crippen LogP contribution in [0.3, 0.4) is 0 Å². The van der Waals surface area contributed by atoms with Gasteiger partial charge in [0.25, 0.3) is 5.56 Å². The summed E-state index contributed by atoms with van der Waals surface area (Å²) in [7, 11) is 0. The SMILES string of the molecule is Nc1[nH][nH]c(=O)c1N=NC1C2CC3CC(C2)CC1C3. The van der Waals surface area contributed by atoms with Crippen molar-refractivity contribution in [1.29, 1.82) is 0 Å². The Bertz CT molecular complexity index is 544. The van der Waals surface area contributed by atoms with Crippen LogP contribution in [-0.2, 0) is 0 Å². The van der Waals surface area contributed by atoms with Crippen LogP contribution in [0.5, 0.6) is 0 Å². The molecule has 4 fully saturated rings. The molecular formula is C13H19N5O. The minimum atomic E-state index is -0.287. The second kappa shape index (κ2) is 3.95. The van der Waals surface area contributed by atoms with Gasteiger partial charge >= 0.3 is 0 Å². The van der Waals surface area contributed by atoms with E-state index < -0.39 is 0 Å². The molecule has 4 N–H and O–H groups in total. The van der Waals surface area contributed by atoms with Gasteiger partial charge in [-0.3, -0.25) is 15.0 Å². The maximum Gasteiger partial charge on any atom is 0.293 e. The van der Waals surface area contributed by atoms with Crippen LogP contribution in [0, 0.1) is 23.7 Å². The van der Waals surface area contributed by atoms with Crippen LogP contribution in [0.15, 0.2) is 15.0 Å². The second-order valence-electron chi connectivity index (χ2n) is 6.48. The maximum absolute atomic E-state index is 11.5. The van der Waals surface area contributed by atoms with Crippen molar-refractivity contribution in [2.45, 2.75) is 38.1 Å². The Morgan fingerprint density at radius 2 is 1.63 bits per heavy atom. The Balaban J connectivity index is 1.59. The number of nitrogens with one attached hydrogen (secondary N) is 2. The van der Waals surface area contributed by atoms with Gasteiger partial charge in [-0.25, -0.2) is 0 Å². The summed E-state index contributed by atoms with van der Waals surface area (Å²) >= 11 is 0. The van der Waals surface area contributed by atoms with Gasteiger partial charge in [-0.05, 0) is 55.8 Å². The normalized spacial score (nSPS) is 40.3. The number of nitrogen functional groups attached to an aromatic ring is 1. The third-order valence-corrected chi connectivity index (χ3v) is 5.25. The number of aromatic nitrogens is 2. The van der Waals surface area contributed by atoms with E-state index in [2.05, 4.69) is 20.4 Å². The van der Waals surface area contributed by atoms with Crippen LogP contribution in [0.25, 0.3) is 0 Å². The fourth-order valence-corrected chi connectivity index (χ4v) is 4.67. The third-order valence-electron chi connectivity index (χ3n) is 5.25. The van der Waals surface area contributed by atoms with Crippen molar-refractivity contribution in [1.82, 2.24) is 10.2 Å². The van der Waals surface area contributed by atoms with E-state index in [-0.39, 0.29) is 17.1 Å². The molecule has 4 aliphatic carbocycles. The van der Waals surface area contributed by atoms with E-state index in [9.17, 15) is 4.79 Å². The summed E-state index contributed by atoms with van der Waals surface area (Å²) in [5, 5.41) is 13.6. The van der Waals surface area contributed by atoms with Gasteiger partial charge in [0.2, 0.25) is 0 Å². The Morgan fingerprint density at radius 1 is 1.00 bits per heavy atom. The van der Waals surface area contributed by atoms with Crippen molar-refractivity contribution >= 4 is 11.5 Å². The number of hydrogen-bond donors (Lipinski definition) is 3. The molecule has 0 saturated heterocycles. The molecule has 102 valence electrons. The molecule has 0 amide bonds. The van der Waals surface area contributed by atoms with Crippen molar-refractivity contribution in [2.75, 3.05) is 5.73 Å². The van der Waals surface area contributed by atoms with Gasteiger partial charge in [0.15, 0.2) is 5.69 Å². The summed E-state index contributed by atoms with van der Waals surface area (Å²) in [5.74, 6) is 3.49. The highest BCUT2D eigenvalue weighted by Crippen LogP contribution is 2.54. The molecule has 1 heterocycles. The first kappa shape index (κ1) is 11.3. The van der Waals surface area contributed by atoms with Gasteiger partial charge in [0.05, 0.1) is 6.04 Å². The van der Waals surface area contributed by atoms with Crippen molar-refractivity contribution < 1.29 is 0 Å². The number of aromatic amines is 2. The van der Waals surface area contributed by atoms with E-state index in [1.807, 2.05) is 0 Å². The van der Waals surface area contributed by atoms with Crippen LogP contribution in [0.4, 0.5) is 11.5 Å². The van der Waals surface area contributed by atoms with E-state index in [4.69, 9.17) is 5.73 Å².